The second kappa shape index (κ2) is 10.2. The molecule has 1 N–H and O–H groups in total. The van der Waals surface area contributed by atoms with Crippen molar-refractivity contribution in [1.29, 1.82) is 0 Å². The number of amides is 4. The predicted octanol–water partition coefficient (Wildman–Crippen LogP) is 3.96. The van der Waals surface area contributed by atoms with Crippen LogP contribution in [0.3, 0.4) is 0 Å². The Balaban J connectivity index is 1.51. The van der Waals surface area contributed by atoms with E-state index in [-0.39, 0.29) is 25.3 Å². The Morgan fingerprint density at radius 3 is 2.40 bits per heavy atom. The van der Waals surface area contributed by atoms with Gasteiger partial charge in [0.05, 0.1) is 37.1 Å². The highest BCUT2D eigenvalue weighted by atomic mass is 19.1. The Labute approximate surface area is 200 Å². The molecule has 1 aliphatic heterocycles. The van der Waals surface area contributed by atoms with E-state index in [1.807, 2.05) is 0 Å². The first-order chi connectivity index (χ1) is 16.9. The van der Waals surface area contributed by atoms with Crippen LogP contribution in [0.1, 0.15) is 29.5 Å². The third-order valence-corrected chi connectivity index (χ3v) is 5.37. The quantitative estimate of drug-likeness (QED) is 0.387. The smallest absolute Gasteiger partial charge is 0.338 e. The monoisotopic (exact) mass is 479 g/mol. The highest BCUT2D eigenvalue weighted by Crippen LogP contribution is 2.29. The van der Waals surface area contributed by atoms with Crippen molar-refractivity contribution in [3.8, 4) is 0 Å². The number of ether oxygens (including phenoxy) is 1. The molecule has 1 atom stereocenters. The Bertz CT molecular complexity index is 1230. The van der Waals surface area contributed by atoms with Crippen molar-refractivity contribution in [1.82, 2.24) is 4.90 Å². The first-order valence-electron chi connectivity index (χ1n) is 10.9. The van der Waals surface area contributed by atoms with Crippen molar-refractivity contribution in [2.75, 3.05) is 16.8 Å². The number of carbonyl (C=O) groups is 4. The van der Waals surface area contributed by atoms with Crippen LogP contribution < -0.4 is 10.2 Å². The molecule has 2 heterocycles. The zero-order valence-corrected chi connectivity index (χ0v) is 18.8. The SMILES string of the molecule is CCOC(=O)c1ccc(NC(=O)C[C@H]2C(=O)N(c3ccc(F)cc3)C(=O)N2Cc2ccco2)cc1. The number of halogens is 1. The zero-order chi connectivity index (χ0) is 24.9. The van der Waals surface area contributed by atoms with E-state index < -0.39 is 35.7 Å². The van der Waals surface area contributed by atoms with Gasteiger partial charge in [-0.25, -0.2) is 18.9 Å². The molecule has 2 aromatic carbocycles. The van der Waals surface area contributed by atoms with Crippen LogP contribution in [-0.2, 0) is 20.9 Å². The number of carbonyl (C=O) groups excluding carboxylic acids is 4. The molecule has 1 saturated heterocycles. The van der Waals surface area contributed by atoms with Crippen LogP contribution in [0.25, 0.3) is 0 Å². The molecular formula is C25H22FN3O6. The summed E-state index contributed by atoms with van der Waals surface area (Å²) in [5.74, 6) is -1.67. The molecule has 1 aliphatic rings. The Kier molecular flexibility index (Phi) is 6.91. The van der Waals surface area contributed by atoms with Gasteiger partial charge >= 0.3 is 12.0 Å². The van der Waals surface area contributed by atoms with Crippen molar-refractivity contribution < 1.29 is 32.7 Å². The molecule has 0 aliphatic carbocycles. The highest BCUT2D eigenvalue weighted by molar-refractivity contribution is 6.22. The minimum absolute atomic E-state index is 0.0263. The summed E-state index contributed by atoms with van der Waals surface area (Å²) in [7, 11) is 0. The van der Waals surface area contributed by atoms with Gasteiger partial charge in [-0.15, -0.1) is 0 Å². The zero-order valence-electron chi connectivity index (χ0n) is 18.8. The topological polar surface area (TPSA) is 109 Å². The van der Waals surface area contributed by atoms with E-state index in [2.05, 4.69) is 5.32 Å². The number of nitrogens with zero attached hydrogens (tertiary/aromatic N) is 2. The van der Waals surface area contributed by atoms with Crippen LogP contribution in [0.15, 0.2) is 71.3 Å². The van der Waals surface area contributed by atoms with E-state index >= 15 is 0 Å². The molecule has 4 amide bonds. The van der Waals surface area contributed by atoms with E-state index in [0.29, 0.717) is 17.0 Å². The number of hydrogen-bond acceptors (Lipinski definition) is 6. The number of imide groups is 1. The first kappa shape index (κ1) is 23.7. The lowest BCUT2D eigenvalue weighted by atomic mass is 10.1. The molecule has 180 valence electrons. The van der Waals surface area contributed by atoms with Crippen molar-refractivity contribution in [3.63, 3.8) is 0 Å². The maximum atomic E-state index is 13.4. The summed E-state index contributed by atoms with van der Waals surface area (Å²) in [6, 6.07) is 12.6. The number of urea groups is 1. The molecule has 10 heteroatoms. The van der Waals surface area contributed by atoms with Crippen LogP contribution in [0.4, 0.5) is 20.6 Å². The number of anilines is 2. The highest BCUT2D eigenvalue weighted by Gasteiger charge is 2.47. The van der Waals surface area contributed by atoms with E-state index in [9.17, 15) is 23.6 Å². The van der Waals surface area contributed by atoms with Gasteiger partial charge in [0, 0.05) is 5.69 Å². The maximum absolute atomic E-state index is 13.4. The third kappa shape index (κ3) is 5.21. The Hall–Kier alpha value is -4.47. The van der Waals surface area contributed by atoms with E-state index in [1.54, 1.807) is 19.1 Å². The average Bonchev–Trinajstić information content (AvgIpc) is 3.43. The molecule has 9 nitrogen and oxygen atoms in total. The number of hydrogen-bond donors (Lipinski definition) is 1. The van der Waals surface area contributed by atoms with Crippen LogP contribution in [0.2, 0.25) is 0 Å². The molecule has 1 fully saturated rings. The van der Waals surface area contributed by atoms with Crippen LogP contribution in [0, 0.1) is 5.82 Å². The minimum Gasteiger partial charge on any atom is -0.467 e. The van der Waals surface area contributed by atoms with Crippen molar-refractivity contribution in [2.45, 2.75) is 25.9 Å². The molecule has 0 unspecified atom stereocenters. The normalized spacial score (nSPS) is 15.4. The van der Waals surface area contributed by atoms with Crippen molar-refractivity contribution in [3.05, 3.63) is 84.1 Å². The molecular weight excluding hydrogens is 457 g/mol. The molecule has 4 rings (SSSR count). The predicted molar refractivity (Wildman–Crippen MR) is 123 cm³/mol. The van der Waals surface area contributed by atoms with Crippen molar-refractivity contribution in [2.24, 2.45) is 0 Å². The van der Waals surface area contributed by atoms with Gasteiger partial charge in [0.2, 0.25) is 5.91 Å². The largest absolute Gasteiger partial charge is 0.467 e. The van der Waals surface area contributed by atoms with E-state index in [1.165, 1.54) is 47.6 Å². The second-order valence-electron chi connectivity index (χ2n) is 7.71. The van der Waals surface area contributed by atoms with Gasteiger partial charge in [0.1, 0.15) is 17.6 Å². The Morgan fingerprint density at radius 1 is 1.06 bits per heavy atom. The lowest BCUT2D eigenvalue weighted by molar-refractivity contribution is -0.124. The maximum Gasteiger partial charge on any atom is 0.338 e. The van der Waals surface area contributed by atoms with Crippen LogP contribution in [0.5, 0.6) is 0 Å². The van der Waals surface area contributed by atoms with Gasteiger partial charge in [0.25, 0.3) is 5.91 Å². The number of furan rings is 1. The fraction of sp³-hybridized carbons (Fsp3) is 0.200. The fourth-order valence-electron chi connectivity index (χ4n) is 3.70. The van der Waals surface area contributed by atoms with Gasteiger partial charge in [0.15, 0.2) is 0 Å². The summed E-state index contributed by atoms with van der Waals surface area (Å²) in [4.78, 5) is 53.1. The summed E-state index contributed by atoms with van der Waals surface area (Å²) in [6.07, 6.45) is 1.12. The van der Waals surface area contributed by atoms with Crippen molar-refractivity contribution >= 4 is 35.2 Å². The van der Waals surface area contributed by atoms with E-state index in [0.717, 1.165) is 17.0 Å². The van der Waals surface area contributed by atoms with E-state index in [4.69, 9.17) is 9.15 Å². The van der Waals surface area contributed by atoms with Gasteiger partial charge in [-0.05, 0) is 67.6 Å². The fourth-order valence-corrected chi connectivity index (χ4v) is 3.70. The lowest BCUT2D eigenvalue weighted by Gasteiger charge is -2.20. The molecule has 35 heavy (non-hydrogen) atoms. The lowest BCUT2D eigenvalue weighted by Crippen LogP contribution is -2.37. The Morgan fingerprint density at radius 2 is 1.77 bits per heavy atom. The van der Waals surface area contributed by atoms with Gasteiger partial charge in [-0.2, -0.15) is 0 Å². The van der Waals surface area contributed by atoms with Crippen LogP contribution >= 0.6 is 0 Å². The molecule has 0 radical (unpaired) electrons. The third-order valence-electron chi connectivity index (χ3n) is 5.37. The summed E-state index contributed by atoms with van der Waals surface area (Å²) < 4.78 is 23.6. The molecule has 0 bridgehead atoms. The number of nitrogens with one attached hydrogen (secondary N) is 1. The number of benzene rings is 2. The molecule has 3 aromatic rings. The molecule has 1 aromatic heterocycles. The first-order valence-corrected chi connectivity index (χ1v) is 10.9. The minimum atomic E-state index is -1.10. The summed E-state index contributed by atoms with van der Waals surface area (Å²) in [5, 5.41) is 2.67. The standard InChI is InChI=1S/C25H22FN3O6/c1-2-34-24(32)16-5-9-18(10-6-16)27-22(30)14-21-23(31)29(19-11-7-17(26)8-12-19)25(33)28(21)15-20-4-3-13-35-20/h3-13,21H,2,14-15H2,1H3,(H,27,30)/t21-/m0/s1. The summed E-state index contributed by atoms with van der Waals surface area (Å²) in [6.45, 7) is 1.92. The number of rotatable bonds is 8. The van der Waals surface area contributed by atoms with Gasteiger partial charge in [-0.1, -0.05) is 0 Å². The second-order valence-corrected chi connectivity index (χ2v) is 7.71. The summed E-state index contributed by atoms with van der Waals surface area (Å²) >= 11 is 0. The average molecular weight is 479 g/mol. The molecule has 0 saturated carbocycles. The summed E-state index contributed by atoms with van der Waals surface area (Å²) in [5.41, 5.74) is 0.942. The number of esters is 1. The van der Waals surface area contributed by atoms with Gasteiger partial charge < -0.3 is 19.4 Å². The van der Waals surface area contributed by atoms with Gasteiger partial charge in [-0.3, -0.25) is 9.59 Å². The van der Waals surface area contributed by atoms with Crippen LogP contribution in [-0.4, -0.2) is 41.4 Å². The molecule has 0 spiro atoms.